The summed E-state index contributed by atoms with van der Waals surface area (Å²) in [7, 11) is 0. The molecule has 0 bridgehead atoms. The Morgan fingerprint density at radius 1 is 1.35 bits per heavy atom. The van der Waals surface area contributed by atoms with Crippen LogP contribution >= 0.6 is 0 Å². The summed E-state index contributed by atoms with van der Waals surface area (Å²) >= 11 is 0. The molecule has 130 valence electrons. The first kappa shape index (κ1) is 18.0. The highest BCUT2D eigenvalue weighted by Crippen LogP contribution is 2.35. The highest BCUT2D eigenvalue weighted by Gasteiger charge is 2.34. The number of likely N-dealkylation sites (tertiary alicyclic amines) is 1. The van der Waals surface area contributed by atoms with E-state index in [0.717, 1.165) is 19.0 Å². The van der Waals surface area contributed by atoms with Crippen LogP contribution in [-0.2, 0) is 6.18 Å². The van der Waals surface area contributed by atoms with Crippen molar-refractivity contribution >= 4 is 0 Å². The molecule has 2 N–H and O–H groups in total. The lowest BCUT2D eigenvalue weighted by atomic mass is 9.95. The van der Waals surface area contributed by atoms with E-state index in [2.05, 4.69) is 0 Å². The normalized spacial score (nSPS) is 24.4. The lowest BCUT2D eigenvalue weighted by Crippen LogP contribution is -2.49. The number of ether oxygens (including phenoxy) is 1. The highest BCUT2D eigenvalue weighted by molar-refractivity contribution is 5.35. The summed E-state index contributed by atoms with van der Waals surface area (Å²) in [6.07, 6.45) is -3.90. The molecule has 0 amide bonds. The van der Waals surface area contributed by atoms with E-state index in [9.17, 15) is 23.4 Å². The van der Waals surface area contributed by atoms with Gasteiger partial charge in [-0.3, -0.25) is 4.90 Å². The Morgan fingerprint density at radius 2 is 2.04 bits per heavy atom. The van der Waals surface area contributed by atoms with Gasteiger partial charge in [0.1, 0.15) is 18.5 Å². The van der Waals surface area contributed by atoms with Gasteiger partial charge in [-0.2, -0.15) is 13.2 Å². The minimum atomic E-state index is -4.49. The van der Waals surface area contributed by atoms with Crippen LogP contribution in [0.1, 0.15) is 25.3 Å². The van der Waals surface area contributed by atoms with E-state index in [1.54, 1.807) is 6.92 Å². The average molecular weight is 333 g/mol. The molecule has 1 saturated heterocycles. The molecule has 0 spiro atoms. The number of piperidine rings is 1. The maximum atomic E-state index is 12.9. The molecule has 1 aliphatic rings. The monoisotopic (exact) mass is 333 g/mol. The highest BCUT2D eigenvalue weighted by atomic mass is 19.4. The van der Waals surface area contributed by atoms with Gasteiger partial charge in [0.15, 0.2) is 0 Å². The van der Waals surface area contributed by atoms with Crippen molar-refractivity contribution in [2.45, 2.75) is 37.6 Å². The molecule has 2 atom stereocenters. The summed E-state index contributed by atoms with van der Waals surface area (Å²) < 4.78 is 43.7. The van der Waals surface area contributed by atoms with Crippen molar-refractivity contribution in [2.75, 3.05) is 26.2 Å². The number of nitrogens with zero attached hydrogens (tertiary/aromatic N) is 1. The van der Waals surface area contributed by atoms with Gasteiger partial charge in [0.25, 0.3) is 0 Å². The fourth-order valence-electron chi connectivity index (χ4n) is 2.84. The number of benzene rings is 1. The van der Waals surface area contributed by atoms with E-state index in [-0.39, 0.29) is 18.9 Å². The molecule has 1 aliphatic heterocycles. The molecule has 1 heterocycles. The number of alkyl halides is 3. The molecule has 4 nitrogen and oxygen atoms in total. The van der Waals surface area contributed by atoms with Crippen molar-refractivity contribution in [1.82, 2.24) is 4.90 Å². The van der Waals surface area contributed by atoms with Gasteiger partial charge >= 0.3 is 6.18 Å². The van der Waals surface area contributed by atoms with Crippen LogP contribution < -0.4 is 4.74 Å². The predicted molar refractivity (Wildman–Crippen MR) is 79.2 cm³/mol. The summed E-state index contributed by atoms with van der Waals surface area (Å²) in [6.45, 7) is 2.94. The maximum absolute atomic E-state index is 12.9. The van der Waals surface area contributed by atoms with Gasteiger partial charge < -0.3 is 14.9 Å². The van der Waals surface area contributed by atoms with Gasteiger partial charge in [0, 0.05) is 13.1 Å². The molecule has 1 aromatic carbocycles. The SMILES string of the molecule is CC1(O)CCCN(CC(O)COc2ccccc2C(F)(F)F)C1. The predicted octanol–water partition coefficient (Wildman–Crippen LogP) is 2.29. The molecule has 0 aromatic heterocycles. The summed E-state index contributed by atoms with van der Waals surface area (Å²) in [6, 6.07) is 4.94. The van der Waals surface area contributed by atoms with Crippen molar-refractivity contribution in [1.29, 1.82) is 0 Å². The fraction of sp³-hybridized carbons (Fsp3) is 0.625. The number of rotatable bonds is 5. The Balaban J connectivity index is 1.89. The molecule has 0 saturated carbocycles. The van der Waals surface area contributed by atoms with Crippen molar-refractivity contribution < 1.29 is 28.1 Å². The number of hydrogen-bond donors (Lipinski definition) is 2. The third-order valence-electron chi connectivity index (χ3n) is 3.85. The van der Waals surface area contributed by atoms with Crippen LogP contribution in [-0.4, -0.2) is 53.1 Å². The molecule has 1 aromatic rings. The van der Waals surface area contributed by atoms with E-state index in [4.69, 9.17) is 4.74 Å². The number of hydrogen-bond acceptors (Lipinski definition) is 4. The van der Waals surface area contributed by atoms with Gasteiger partial charge in [-0.25, -0.2) is 0 Å². The Morgan fingerprint density at radius 3 is 2.70 bits per heavy atom. The average Bonchev–Trinajstić information content (AvgIpc) is 2.43. The minimum absolute atomic E-state index is 0.230. The lowest BCUT2D eigenvalue weighted by molar-refractivity contribution is -0.139. The van der Waals surface area contributed by atoms with Crippen molar-refractivity contribution in [3.8, 4) is 5.75 Å². The summed E-state index contributed by atoms with van der Waals surface area (Å²) in [4.78, 5) is 1.90. The summed E-state index contributed by atoms with van der Waals surface area (Å²) in [5.41, 5.74) is -1.64. The molecular formula is C16H22F3NO3. The summed E-state index contributed by atoms with van der Waals surface area (Å²) in [5, 5.41) is 20.0. The van der Waals surface area contributed by atoms with Gasteiger partial charge in [0.05, 0.1) is 11.2 Å². The first-order valence-electron chi connectivity index (χ1n) is 7.59. The van der Waals surface area contributed by atoms with Crippen LogP contribution in [0.15, 0.2) is 24.3 Å². The third kappa shape index (κ3) is 5.37. The zero-order valence-electron chi connectivity index (χ0n) is 13.0. The van der Waals surface area contributed by atoms with Gasteiger partial charge in [-0.15, -0.1) is 0 Å². The van der Waals surface area contributed by atoms with E-state index in [1.165, 1.54) is 18.2 Å². The molecule has 2 rings (SSSR count). The van der Waals surface area contributed by atoms with E-state index in [0.29, 0.717) is 13.0 Å². The van der Waals surface area contributed by atoms with Crippen LogP contribution in [0.3, 0.4) is 0 Å². The van der Waals surface area contributed by atoms with Gasteiger partial charge in [0.2, 0.25) is 0 Å². The van der Waals surface area contributed by atoms with Crippen LogP contribution in [0.5, 0.6) is 5.75 Å². The molecule has 23 heavy (non-hydrogen) atoms. The first-order chi connectivity index (χ1) is 10.7. The second-order valence-electron chi connectivity index (χ2n) is 6.29. The molecular weight excluding hydrogens is 311 g/mol. The Hall–Kier alpha value is -1.31. The Labute approximate surface area is 133 Å². The lowest BCUT2D eigenvalue weighted by Gasteiger charge is -2.37. The smallest absolute Gasteiger partial charge is 0.419 e. The third-order valence-corrected chi connectivity index (χ3v) is 3.85. The van der Waals surface area contributed by atoms with E-state index in [1.807, 2.05) is 4.90 Å². The molecule has 0 aliphatic carbocycles. The number of para-hydroxylation sites is 1. The van der Waals surface area contributed by atoms with E-state index >= 15 is 0 Å². The Bertz CT molecular complexity index is 520. The second kappa shape index (κ2) is 7.07. The van der Waals surface area contributed by atoms with Crippen LogP contribution in [0, 0.1) is 0 Å². The molecule has 7 heteroatoms. The van der Waals surface area contributed by atoms with Crippen LogP contribution in [0.25, 0.3) is 0 Å². The fourth-order valence-corrected chi connectivity index (χ4v) is 2.84. The number of β-amino-alcohol motifs (C(OH)–C–C–N with tert-alkyl or cyclic N) is 2. The molecule has 2 unspecified atom stereocenters. The first-order valence-corrected chi connectivity index (χ1v) is 7.59. The summed E-state index contributed by atoms with van der Waals surface area (Å²) in [5.74, 6) is -0.287. The number of halogens is 3. The van der Waals surface area contributed by atoms with Crippen molar-refractivity contribution in [3.05, 3.63) is 29.8 Å². The van der Waals surface area contributed by atoms with Gasteiger partial charge in [-0.1, -0.05) is 12.1 Å². The molecule has 1 fully saturated rings. The number of aliphatic hydroxyl groups excluding tert-OH is 1. The maximum Gasteiger partial charge on any atom is 0.419 e. The number of aliphatic hydroxyl groups is 2. The van der Waals surface area contributed by atoms with Crippen LogP contribution in [0.2, 0.25) is 0 Å². The molecule has 0 radical (unpaired) electrons. The quantitative estimate of drug-likeness (QED) is 0.868. The van der Waals surface area contributed by atoms with Gasteiger partial charge in [-0.05, 0) is 38.4 Å². The Kier molecular flexibility index (Phi) is 5.54. The second-order valence-corrected chi connectivity index (χ2v) is 6.29. The van der Waals surface area contributed by atoms with Crippen LogP contribution in [0.4, 0.5) is 13.2 Å². The zero-order chi connectivity index (χ0) is 17.1. The zero-order valence-corrected chi connectivity index (χ0v) is 13.0. The standard InChI is InChI=1S/C16H22F3NO3/c1-15(22)7-4-8-20(11-15)9-12(21)10-23-14-6-3-2-5-13(14)16(17,18)19/h2-3,5-6,12,21-22H,4,7-11H2,1H3. The largest absolute Gasteiger partial charge is 0.490 e. The minimum Gasteiger partial charge on any atom is -0.490 e. The van der Waals surface area contributed by atoms with E-state index < -0.39 is 23.4 Å². The topological polar surface area (TPSA) is 52.9 Å². The van der Waals surface area contributed by atoms with Crippen molar-refractivity contribution in [2.24, 2.45) is 0 Å². The van der Waals surface area contributed by atoms with Crippen molar-refractivity contribution in [3.63, 3.8) is 0 Å².